The van der Waals surface area contributed by atoms with E-state index >= 15 is 0 Å². The molecule has 1 saturated heterocycles. The molecule has 0 saturated carbocycles. The van der Waals surface area contributed by atoms with Crippen LogP contribution >= 0.6 is 0 Å². The summed E-state index contributed by atoms with van der Waals surface area (Å²) in [5, 5.41) is 12.4. The van der Waals surface area contributed by atoms with Crippen molar-refractivity contribution in [2.45, 2.75) is 31.7 Å². The van der Waals surface area contributed by atoms with E-state index in [9.17, 15) is 40.6 Å². The second-order valence-corrected chi connectivity index (χ2v) is 9.87. The summed E-state index contributed by atoms with van der Waals surface area (Å²) in [6.45, 7) is 1.32. The van der Waals surface area contributed by atoms with Gasteiger partial charge < -0.3 is 20.1 Å². The van der Waals surface area contributed by atoms with Crippen LogP contribution in [0.15, 0.2) is 48.7 Å². The van der Waals surface area contributed by atoms with Crippen molar-refractivity contribution < 1.29 is 45.4 Å². The number of ether oxygens (including phenoxy) is 1. The second kappa shape index (κ2) is 12.4. The summed E-state index contributed by atoms with van der Waals surface area (Å²) in [4.78, 5) is 22.5. The number of piperidine rings is 1. The van der Waals surface area contributed by atoms with E-state index in [1.54, 1.807) is 0 Å². The number of aromatic nitrogens is 2. The van der Waals surface area contributed by atoms with Gasteiger partial charge in [-0.2, -0.15) is 31.3 Å². The van der Waals surface area contributed by atoms with Crippen LogP contribution in [0, 0.1) is 11.7 Å². The van der Waals surface area contributed by atoms with Crippen LogP contribution in [0.2, 0.25) is 0 Å². The molecule has 0 aliphatic carbocycles. The average molecular weight is 602 g/mol. The number of carbonyl (C=O) groups is 1. The summed E-state index contributed by atoms with van der Waals surface area (Å²) in [5.74, 6) is -0.900. The maximum Gasteiger partial charge on any atom is 0.416 e. The molecule has 1 amide bonds. The molecular formula is C27H26F7N5O3. The summed E-state index contributed by atoms with van der Waals surface area (Å²) >= 11 is 0. The van der Waals surface area contributed by atoms with Crippen molar-refractivity contribution >= 4 is 23.5 Å². The maximum atomic E-state index is 14.7. The fourth-order valence-corrected chi connectivity index (χ4v) is 4.54. The van der Waals surface area contributed by atoms with Crippen LogP contribution in [0.1, 0.15) is 29.5 Å². The molecular weight excluding hydrogens is 575 g/mol. The number of anilines is 3. The number of rotatable bonds is 8. The van der Waals surface area contributed by atoms with Gasteiger partial charge in [-0.25, -0.2) is 14.2 Å². The third-order valence-corrected chi connectivity index (χ3v) is 6.52. The first-order chi connectivity index (χ1) is 19.7. The molecule has 1 unspecified atom stereocenters. The Morgan fingerprint density at radius 1 is 1.10 bits per heavy atom. The molecule has 0 spiro atoms. The van der Waals surface area contributed by atoms with Gasteiger partial charge in [-0.1, -0.05) is 0 Å². The maximum absolute atomic E-state index is 14.7. The first kappa shape index (κ1) is 30.8. The number of nitrogens with one attached hydrogen (secondary N) is 1. The largest absolute Gasteiger partial charge is 0.490 e. The molecule has 1 fully saturated rings. The first-order valence-corrected chi connectivity index (χ1v) is 12.7. The van der Waals surface area contributed by atoms with Crippen molar-refractivity contribution in [3.8, 4) is 5.75 Å². The van der Waals surface area contributed by atoms with Crippen LogP contribution in [0.5, 0.6) is 5.75 Å². The normalized spacial score (nSPS) is 16.2. The Bertz CT molecular complexity index is 1390. The fourth-order valence-electron chi connectivity index (χ4n) is 4.54. The van der Waals surface area contributed by atoms with Crippen molar-refractivity contribution in [1.29, 1.82) is 0 Å². The number of nitrogens with zero attached hydrogens (tertiary/aromatic N) is 4. The predicted octanol–water partition coefficient (Wildman–Crippen LogP) is 6.80. The number of likely N-dealkylation sites (tertiary alicyclic amines) is 1. The molecule has 15 heteroatoms. The number of carboxylic acid groups (broad SMARTS) is 1. The summed E-state index contributed by atoms with van der Waals surface area (Å²) < 4.78 is 99.8. The van der Waals surface area contributed by atoms with Crippen molar-refractivity contribution in [2.24, 2.45) is 5.92 Å². The zero-order chi connectivity index (χ0) is 30.7. The molecule has 1 aromatic heterocycles. The Balaban J connectivity index is 1.50. The Labute approximate surface area is 235 Å². The molecule has 226 valence electrons. The van der Waals surface area contributed by atoms with Crippen LogP contribution in [0.25, 0.3) is 0 Å². The fraction of sp³-hybridized carbons (Fsp3) is 0.370. The summed E-state index contributed by atoms with van der Waals surface area (Å²) in [5.41, 5.74) is -3.54. The molecule has 2 aromatic carbocycles. The minimum atomic E-state index is -5.10. The van der Waals surface area contributed by atoms with Crippen molar-refractivity contribution in [3.05, 3.63) is 71.2 Å². The number of amides is 1. The molecule has 4 rings (SSSR count). The van der Waals surface area contributed by atoms with Crippen LogP contribution in [0.4, 0.5) is 53.0 Å². The van der Waals surface area contributed by atoms with Crippen molar-refractivity contribution in [1.82, 2.24) is 14.9 Å². The molecule has 0 bridgehead atoms. The quantitative estimate of drug-likeness (QED) is 0.275. The van der Waals surface area contributed by atoms with E-state index in [2.05, 4.69) is 20.2 Å². The van der Waals surface area contributed by atoms with E-state index in [-0.39, 0.29) is 35.2 Å². The van der Waals surface area contributed by atoms with Crippen LogP contribution in [0.3, 0.4) is 0 Å². The van der Waals surface area contributed by atoms with Crippen molar-refractivity contribution in [3.63, 3.8) is 0 Å². The minimum Gasteiger partial charge on any atom is -0.490 e. The van der Waals surface area contributed by atoms with Crippen molar-refractivity contribution in [2.75, 3.05) is 37.0 Å². The smallest absolute Gasteiger partial charge is 0.416 e. The molecule has 1 aliphatic heterocycles. The molecule has 1 aliphatic rings. The van der Waals surface area contributed by atoms with Gasteiger partial charge >= 0.3 is 18.4 Å². The third kappa shape index (κ3) is 7.99. The lowest BCUT2D eigenvalue weighted by molar-refractivity contribution is -0.143. The van der Waals surface area contributed by atoms with Gasteiger partial charge in [0.15, 0.2) is 11.6 Å². The van der Waals surface area contributed by atoms with Gasteiger partial charge in [-0.05, 0) is 68.4 Å². The Kier molecular flexibility index (Phi) is 9.09. The van der Waals surface area contributed by atoms with Gasteiger partial charge in [-0.3, -0.25) is 4.90 Å². The topological polar surface area (TPSA) is 90.8 Å². The zero-order valence-corrected chi connectivity index (χ0v) is 22.1. The van der Waals surface area contributed by atoms with E-state index in [1.807, 2.05) is 7.05 Å². The van der Waals surface area contributed by atoms with Crippen LogP contribution < -0.4 is 15.0 Å². The third-order valence-electron chi connectivity index (χ3n) is 6.52. The summed E-state index contributed by atoms with van der Waals surface area (Å²) in [7, 11) is 2.01. The molecule has 2 heterocycles. The van der Waals surface area contributed by atoms with E-state index in [0.717, 1.165) is 44.3 Å². The zero-order valence-electron chi connectivity index (χ0n) is 22.1. The SMILES string of the molecule is CN1CCCC(COc2ccc(Nc3nccc(N(Cc4cc(C(F)(F)F)cc(C(F)(F)F)c4)C(=O)O)n3)cc2F)C1. The number of halogens is 7. The lowest BCUT2D eigenvalue weighted by Crippen LogP contribution is -2.34. The van der Waals surface area contributed by atoms with Crippen LogP contribution in [-0.4, -0.2) is 52.8 Å². The first-order valence-electron chi connectivity index (χ1n) is 12.7. The van der Waals surface area contributed by atoms with Gasteiger partial charge in [0.1, 0.15) is 5.82 Å². The minimum absolute atomic E-state index is 0.0415. The van der Waals surface area contributed by atoms with Gasteiger partial charge in [0.25, 0.3) is 0 Å². The van der Waals surface area contributed by atoms with E-state index in [4.69, 9.17) is 4.74 Å². The van der Waals surface area contributed by atoms with Crippen LogP contribution in [-0.2, 0) is 18.9 Å². The molecule has 3 aromatic rings. The highest BCUT2D eigenvalue weighted by atomic mass is 19.4. The number of hydrogen-bond donors (Lipinski definition) is 2. The standard InChI is InChI=1S/C27H26F7N5O3/c1-38-8-2-3-16(13-38)15-42-22-5-4-20(12-21(22)28)36-24-35-7-6-23(37-24)39(25(40)41)14-17-9-18(26(29,30)31)11-19(10-17)27(32,33)34/h4-7,9-12,16H,2-3,8,13-15H2,1H3,(H,40,41)(H,35,36,37). The average Bonchev–Trinajstić information content (AvgIpc) is 2.90. The number of benzene rings is 2. The Morgan fingerprint density at radius 2 is 1.79 bits per heavy atom. The van der Waals surface area contributed by atoms with E-state index in [0.29, 0.717) is 23.6 Å². The van der Waals surface area contributed by atoms with Gasteiger partial charge in [0, 0.05) is 30.4 Å². The summed E-state index contributed by atoms with van der Waals surface area (Å²) in [6.07, 6.45) is -8.76. The lowest BCUT2D eigenvalue weighted by atomic mass is 10.00. The highest BCUT2D eigenvalue weighted by molar-refractivity contribution is 5.84. The lowest BCUT2D eigenvalue weighted by Gasteiger charge is -2.29. The number of hydrogen-bond acceptors (Lipinski definition) is 6. The highest BCUT2D eigenvalue weighted by Gasteiger charge is 2.37. The highest BCUT2D eigenvalue weighted by Crippen LogP contribution is 2.37. The van der Waals surface area contributed by atoms with E-state index in [1.165, 1.54) is 12.1 Å². The monoisotopic (exact) mass is 601 g/mol. The molecule has 0 radical (unpaired) electrons. The molecule has 42 heavy (non-hydrogen) atoms. The summed E-state index contributed by atoms with van der Waals surface area (Å²) in [6, 6.07) is 5.94. The predicted molar refractivity (Wildman–Crippen MR) is 138 cm³/mol. The Morgan fingerprint density at radius 3 is 2.38 bits per heavy atom. The molecule has 8 nitrogen and oxygen atoms in total. The molecule has 1 atom stereocenters. The Hall–Kier alpha value is -4.14. The molecule has 2 N–H and O–H groups in total. The van der Waals surface area contributed by atoms with E-state index < -0.39 is 47.5 Å². The van der Waals surface area contributed by atoms with Gasteiger partial charge in [-0.15, -0.1) is 0 Å². The number of alkyl halides is 6. The second-order valence-electron chi connectivity index (χ2n) is 9.87. The van der Waals surface area contributed by atoms with Gasteiger partial charge in [0.05, 0.1) is 24.3 Å². The van der Waals surface area contributed by atoms with Gasteiger partial charge in [0.2, 0.25) is 5.95 Å².